The molecule has 1 fully saturated rings. The lowest BCUT2D eigenvalue weighted by Gasteiger charge is -2.36. The van der Waals surface area contributed by atoms with Crippen molar-refractivity contribution in [1.29, 1.82) is 0 Å². The Morgan fingerprint density at radius 2 is 1.55 bits per heavy atom. The number of halogens is 3. The van der Waals surface area contributed by atoms with Crippen LogP contribution in [0.3, 0.4) is 0 Å². The summed E-state index contributed by atoms with van der Waals surface area (Å²) in [6, 6.07) is 8.52. The molecule has 7 nitrogen and oxygen atoms in total. The number of benzene rings is 2. The van der Waals surface area contributed by atoms with E-state index >= 15 is 0 Å². The number of nitrogens with zero attached hydrogens (tertiary/aromatic N) is 2. The number of hydrogen-bond acceptors (Lipinski definition) is 5. The summed E-state index contributed by atoms with van der Waals surface area (Å²) in [5.74, 6) is -0.430. The van der Waals surface area contributed by atoms with Gasteiger partial charge in [0.2, 0.25) is 10.0 Å². The molecule has 1 amide bonds. The first-order valence-electron chi connectivity index (χ1n) is 8.60. The molecule has 1 saturated heterocycles. The number of piperazine rings is 1. The number of alkyl halides is 3. The smallest absolute Gasteiger partial charge is 0.398 e. The van der Waals surface area contributed by atoms with Gasteiger partial charge in [-0.1, -0.05) is 0 Å². The van der Waals surface area contributed by atoms with E-state index in [-0.39, 0.29) is 16.1 Å². The molecule has 0 saturated carbocycles. The lowest BCUT2D eigenvalue weighted by atomic mass is 10.1. The molecule has 1 heterocycles. The SMILES string of the molecule is Nc1ccc(S(N)(=O)=O)cc1C(=O)N1CCN(c2ccc(C(F)(F)F)cc2)CC1. The Bertz CT molecular complexity index is 1020. The van der Waals surface area contributed by atoms with Crippen molar-refractivity contribution >= 4 is 27.3 Å². The molecule has 0 aliphatic carbocycles. The highest BCUT2D eigenvalue weighted by molar-refractivity contribution is 7.89. The van der Waals surface area contributed by atoms with E-state index in [0.29, 0.717) is 31.9 Å². The van der Waals surface area contributed by atoms with Gasteiger partial charge in [0.25, 0.3) is 5.91 Å². The Hall–Kier alpha value is -2.79. The second kappa shape index (κ2) is 7.56. The van der Waals surface area contributed by atoms with E-state index in [0.717, 1.165) is 18.2 Å². The van der Waals surface area contributed by atoms with E-state index in [1.807, 2.05) is 4.90 Å². The molecular weight excluding hydrogens is 409 g/mol. The third-order valence-electron chi connectivity index (χ3n) is 4.71. The number of nitrogen functional groups attached to an aromatic ring is 1. The Kier molecular flexibility index (Phi) is 5.46. The van der Waals surface area contributed by atoms with Crippen LogP contribution in [0, 0.1) is 0 Å². The number of anilines is 2. The van der Waals surface area contributed by atoms with Crippen molar-refractivity contribution in [3.05, 3.63) is 53.6 Å². The lowest BCUT2D eigenvalue weighted by molar-refractivity contribution is -0.137. The summed E-state index contributed by atoms with van der Waals surface area (Å²) in [5.41, 5.74) is 5.90. The van der Waals surface area contributed by atoms with Crippen LogP contribution >= 0.6 is 0 Å². The van der Waals surface area contributed by atoms with E-state index in [1.165, 1.54) is 29.2 Å². The molecule has 29 heavy (non-hydrogen) atoms. The zero-order valence-electron chi connectivity index (χ0n) is 15.2. The van der Waals surface area contributed by atoms with Gasteiger partial charge < -0.3 is 15.5 Å². The summed E-state index contributed by atoms with van der Waals surface area (Å²) in [5, 5.41) is 5.10. The second-order valence-corrected chi connectivity index (χ2v) is 8.18. The fraction of sp³-hybridized carbons (Fsp3) is 0.278. The van der Waals surface area contributed by atoms with Crippen LogP contribution in [0.5, 0.6) is 0 Å². The number of amides is 1. The summed E-state index contributed by atoms with van der Waals surface area (Å²) in [4.78, 5) is 15.9. The standard InChI is InChI=1S/C18H19F3N4O3S/c19-18(20,21)12-1-3-13(4-2-12)24-7-9-25(10-8-24)17(26)15-11-14(29(23,27)28)5-6-16(15)22/h1-6,11H,7-10,22H2,(H2,23,27,28). The summed E-state index contributed by atoms with van der Waals surface area (Å²) in [6.45, 7) is 1.43. The summed E-state index contributed by atoms with van der Waals surface area (Å²) in [6.07, 6.45) is -4.39. The second-order valence-electron chi connectivity index (χ2n) is 6.62. The first kappa shape index (κ1) is 20.9. The van der Waals surface area contributed by atoms with Crippen LogP contribution in [0.15, 0.2) is 47.4 Å². The predicted molar refractivity (Wildman–Crippen MR) is 102 cm³/mol. The van der Waals surface area contributed by atoms with Crippen LogP contribution < -0.4 is 15.8 Å². The van der Waals surface area contributed by atoms with Gasteiger partial charge in [-0.25, -0.2) is 13.6 Å². The number of carbonyl (C=O) groups excluding carboxylic acids is 1. The number of hydrogen-bond donors (Lipinski definition) is 2. The molecule has 1 aliphatic heterocycles. The highest BCUT2D eigenvalue weighted by atomic mass is 32.2. The monoisotopic (exact) mass is 428 g/mol. The molecule has 0 aromatic heterocycles. The van der Waals surface area contributed by atoms with Crippen molar-refractivity contribution in [3.8, 4) is 0 Å². The van der Waals surface area contributed by atoms with Crippen LogP contribution in [-0.2, 0) is 16.2 Å². The minimum absolute atomic E-state index is 0.0412. The predicted octanol–water partition coefficient (Wildman–Crippen LogP) is 1.90. The van der Waals surface area contributed by atoms with Crippen molar-refractivity contribution in [1.82, 2.24) is 4.90 Å². The van der Waals surface area contributed by atoms with Crippen LogP contribution in [0.25, 0.3) is 0 Å². The number of rotatable bonds is 3. The molecular formula is C18H19F3N4O3S. The van der Waals surface area contributed by atoms with Crippen molar-refractivity contribution in [2.75, 3.05) is 36.8 Å². The average Bonchev–Trinajstić information content (AvgIpc) is 2.66. The molecule has 3 rings (SSSR count). The minimum atomic E-state index is -4.39. The van der Waals surface area contributed by atoms with Crippen LogP contribution in [-0.4, -0.2) is 45.4 Å². The molecule has 0 radical (unpaired) electrons. The van der Waals surface area contributed by atoms with Gasteiger partial charge in [-0.2, -0.15) is 13.2 Å². The van der Waals surface area contributed by atoms with E-state index in [4.69, 9.17) is 10.9 Å². The molecule has 0 atom stereocenters. The van der Waals surface area contributed by atoms with E-state index in [9.17, 15) is 26.4 Å². The maximum Gasteiger partial charge on any atom is 0.416 e. The molecule has 0 bridgehead atoms. The maximum atomic E-state index is 12.8. The summed E-state index contributed by atoms with van der Waals surface area (Å²) in [7, 11) is -3.98. The summed E-state index contributed by atoms with van der Waals surface area (Å²) >= 11 is 0. The van der Waals surface area contributed by atoms with Gasteiger partial charge in [0.05, 0.1) is 16.0 Å². The maximum absolute atomic E-state index is 12.8. The third-order valence-corrected chi connectivity index (χ3v) is 5.62. The minimum Gasteiger partial charge on any atom is -0.398 e. The van der Waals surface area contributed by atoms with Gasteiger partial charge >= 0.3 is 6.18 Å². The third kappa shape index (κ3) is 4.62. The van der Waals surface area contributed by atoms with Gasteiger partial charge in [0.1, 0.15) is 0 Å². The van der Waals surface area contributed by atoms with Gasteiger partial charge in [-0.15, -0.1) is 0 Å². The Labute approximate surface area is 165 Å². The average molecular weight is 428 g/mol. The molecule has 0 unspecified atom stereocenters. The van der Waals surface area contributed by atoms with Crippen LogP contribution in [0.1, 0.15) is 15.9 Å². The fourth-order valence-corrected chi connectivity index (χ4v) is 3.64. The highest BCUT2D eigenvalue weighted by Gasteiger charge is 2.30. The molecule has 1 aliphatic rings. The number of nitrogens with two attached hydrogens (primary N) is 2. The van der Waals surface area contributed by atoms with Gasteiger partial charge in [-0.3, -0.25) is 4.79 Å². The Morgan fingerprint density at radius 3 is 2.07 bits per heavy atom. The molecule has 156 valence electrons. The number of carbonyl (C=O) groups is 1. The van der Waals surface area contributed by atoms with Gasteiger partial charge in [0.15, 0.2) is 0 Å². The first-order chi connectivity index (χ1) is 13.5. The highest BCUT2D eigenvalue weighted by Crippen LogP contribution is 2.31. The molecule has 2 aromatic carbocycles. The first-order valence-corrected chi connectivity index (χ1v) is 10.2. The molecule has 0 spiro atoms. The Balaban J connectivity index is 1.70. The molecule has 4 N–H and O–H groups in total. The quantitative estimate of drug-likeness (QED) is 0.726. The lowest BCUT2D eigenvalue weighted by Crippen LogP contribution is -2.49. The van der Waals surface area contributed by atoms with Gasteiger partial charge in [-0.05, 0) is 42.5 Å². The van der Waals surface area contributed by atoms with Crippen molar-refractivity contribution in [2.45, 2.75) is 11.1 Å². The summed E-state index contributed by atoms with van der Waals surface area (Å²) < 4.78 is 61.1. The largest absolute Gasteiger partial charge is 0.416 e. The number of primary sulfonamides is 1. The fourth-order valence-electron chi connectivity index (χ4n) is 3.10. The van der Waals surface area contributed by atoms with Crippen LogP contribution in [0.4, 0.5) is 24.5 Å². The van der Waals surface area contributed by atoms with Gasteiger partial charge in [0, 0.05) is 37.6 Å². The zero-order chi connectivity index (χ0) is 21.4. The zero-order valence-corrected chi connectivity index (χ0v) is 16.0. The molecule has 11 heteroatoms. The van der Waals surface area contributed by atoms with E-state index in [2.05, 4.69) is 0 Å². The van der Waals surface area contributed by atoms with E-state index < -0.39 is 27.7 Å². The van der Waals surface area contributed by atoms with Crippen molar-refractivity contribution < 1.29 is 26.4 Å². The van der Waals surface area contributed by atoms with E-state index in [1.54, 1.807) is 0 Å². The van der Waals surface area contributed by atoms with Crippen LogP contribution in [0.2, 0.25) is 0 Å². The Morgan fingerprint density at radius 1 is 0.966 bits per heavy atom. The van der Waals surface area contributed by atoms with Crippen molar-refractivity contribution in [3.63, 3.8) is 0 Å². The molecule has 2 aromatic rings. The van der Waals surface area contributed by atoms with Crippen molar-refractivity contribution in [2.24, 2.45) is 5.14 Å². The number of sulfonamides is 1. The normalized spacial score (nSPS) is 15.4. The topological polar surface area (TPSA) is 110 Å².